The molecule has 1 aromatic heterocycles. The maximum absolute atomic E-state index is 9.81. The second kappa shape index (κ2) is 6.04. The summed E-state index contributed by atoms with van der Waals surface area (Å²) in [7, 11) is 0. The lowest BCUT2D eigenvalue weighted by molar-refractivity contribution is 0.203. The van der Waals surface area contributed by atoms with Crippen molar-refractivity contribution >= 4 is 11.8 Å². The molecule has 0 aromatic carbocycles. The van der Waals surface area contributed by atoms with Gasteiger partial charge in [-0.1, -0.05) is 13.0 Å². The Morgan fingerprint density at radius 2 is 2.29 bits per heavy atom. The molecule has 0 saturated heterocycles. The molecule has 1 rings (SSSR count). The molecule has 1 N–H and O–H groups in total. The summed E-state index contributed by atoms with van der Waals surface area (Å²) in [5, 5.41) is 9.81. The van der Waals surface area contributed by atoms with E-state index in [0.717, 1.165) is 29.1 Å². The van der Waals surface area contributed by atoms with E-state index >= 15 is 0 Å². The van der Waals surface area contributed by atoms with Crippen LogP contribution in [0.5, 0.6) is 0 Å². The van der Waals surface area contributed by atoms with Crippen molar-refractivity contribution in [1.82, 2.24) is 4.98 Å². The van der Waals surface area contributed by atoms with Crippen LogP contribution in [0.4, 0.5) is 0 Å². The van der Waals surface area contributed by atoms with Gasteiger partial charge in [0.25, 0.3) is 0 Å². The molecule has 0 amide bonds. The maximum atomic E-state index is 9.81. The first-order valence-corrected chi connectivity index (χ1v) is 6.07. The number of rotatable bonds is 5. The molecule has 0 radical (unpaired) electrons. The van der Waals surface area contributed by atoms with E-state index < -0.39 is 0 Å². The van der Waals surface area contributed by atoms with Gasteiger partial charge in [0.2, 0.25) is 0 Å². The molecule has 1 aromatic rings. The van der Waals surface area contributed by atoms with Gasteiger partial charge in [-0.15, -0.1) is 0 Å². The molecule has 0 aliphatic rings. The zero-order valence-corrected chi connectivity index (χ0v) is 9.55. The van der Waals surface area contributed by atoms with Crippen molar-refractivity contribution in [2.45, 2.75) is 26.4 Å². The average molecular weight is 211 g/mol. The van der Waals surface area contributed by atoms with Crippen molar-refractivity contribution in [2.24, 2.45) is 0 Å². The molecule has 0 fully saturated rings. The summed E-state index contributed by atoms with van der Waals surface area (Å²) >= 11 is 1.78. The zero-order valence-electron chi connectivity index (χ0n) is 8.73. The second-order valence-corrected chi connectivity index (χ2v) is 4.54. The first kappa shape index (κ1) is 11.5. The minimum absolute atomic E-state index is 0.376. The van der Waals surface area contributed by atoms with E-state index in [2.05, 4.69) is 11.9 Å². The molecule has 0 saturated carbocycles. The van der Waals surface area contributed by atoms with Crippen LogP contribution in [0.2, 0.25) is 0 Å². The SMILES string of the molecule is CCCSCC(O)c1cncc(C)c1. The predicted octanol–water partition coefficient (Wildman–Crippen LogP) is 2.57. The van der Waals surface area contributed by atoms with Crippen molar-refractivity contribution in [3.05, 3.63) is 29.6 Å². The van der Waals surface area contributed by atoms with E-state index in [9.17, 15) is 5.11 Å². The third-order valence-electron chi connectivity index (χ3n) is 1.91. The topological polar surface area (TPSA) is 33.1 Å². The summed E-state index contributed by atoms with van der Waals surface area (Å²) in [5.74, 6) is 1.87. The third kappa shape index (κ3) is 3.68. The minimum Gasteiger partial charge on any atom is -0.387 e. The molecular formula is C11H17NOS. The van der Waals surface area contributed by atoms with Crippen LogP contribution in [0.25, 0.3) is 0 Å². The van der Waals surface area contributed by atoms with E-state index in [1.807, 2.05) is 13.0 Å². The van der Waals surface area contributed by atoms with Crippen molar-refractivity contribution in [3.8, 4) is 0 Å². The van der Waals surface area contributed by atoms with Gasteiger partial charge >= 0.3 is 0 Å². The van der Waals surface area contributed by atoms with Crippen LogP contribution in [0.15, 0.2) is 18.5 Å². The van der Waals surface area contributed by atoms with Gasteiger partial charge in [0.15, 0.2) is 0 Å². The number of aromatic nitrogens is 1. The lowest BCUT2D eigenvalue weighted by Gasteiger charge is -2.10. The Bertz CT molecular complexity index is 278. The number of hydrogen-bond acceptors (Lipinski definition) is 3. The Morgan fingerprint density at radius 3 is 2.93 bits per heavy atom. The number of hydrogen-bond donors (Lipinski definition) is 1. The fraction of sp³-hybridized carbons (Fsp3) is 0.545. The maximum Gasteiger partial charge on any atom is 0.0895 e. The molecule has 1 heterocycles. The summed E-state index contributed by atoms with van der Waals surface area (Å²) in [6.45, 7) is 4.13. The number of thioether (sulfide) groups is 1. The average Bonchev–Trinajstić information content (AvgIpc) is 2.18. The van der Waals surface area contributed by atoms with Crippen LogP contribution >= 0.6 is 11.8 Å². The normalized spacial score (nSPS) is 12.8. The van der Waals surface area contributed by atoms with Gasteiger partial charge in [-0.05, 0) is 30.2 Å². The van der Waals surface area contributed by atoms with E-state index in [0.29, 0.717) is 0 Å². The van der Waals surface area contributed by atoms with E-state index in [1.54, 1.807) is 24.2 Å². The van der Waals surface area contributed by atoms with Crippen molar-refractivity contribution < 1.29 is 5.11 Å². The molecule has 78 valence electrons. The second-order valence-electron chi connectivity index (χ2n) is 3.39. The van der Waals surface area contributed by atoms with Gasteiger partial charge in [-0.2, -0.15) is 11.8 Å². The molecular weight excluding hydrogens is 194 g/mol. The third-order valence-corrected chi connectivity index (χ3v) is 3.15. The van der Waals surface area contributed by atoms with E-state index in [-0.39, 0.29) is 6.10 Å². The van der Waals surface area contributed by atoms with Crippen molar-refractivity contribution in [2.75, 3.05) is 11.5 Å². The summed E-state index contributed by atoms with van der Waals surface area (Å²) in [6.07, 6.45) is 4.32. The molecule has 0 aliphatic carbocycles. The van der Waals surface area contributed by atoms with Crippen LogP contribution < -0.4 is 0 Å². The fourth-order valence-corrected chi connectivity index (χ4v) is 2.07. The van der Waals surface area contributed by atoms with Crippen LogP contribution in [-0.4, -0.2) is 21.6 Å². The quantitative estimate of drug-likeness (QED) is 0.760. The number of aliphatic hydroxyl groups excluding tert-OH is 1. The highest BCUT2D eigenvalue weighted by molar-refractivity contribution is 7.99. The van der Waals surface area contributed by atoms with Crippen LogP contribution in [-0.2, 0) is 0 Å². The molecule has 3 heteroatoms. The summed E-state index contributed by atoms with van der Waals surface area (Å²) in [6, 6.07) is 1.99. The molecule has 0 spiro atoms. The molecule has 1 atom stereocenters. The van der Waals surface area contributed by atoms with Gasteiger partial charge in [0.05, 0.1) is 6.10 Å². The van der Waals surface area contributed by atoms with Crippen molar-refractivity contribution in [3.63, 3.8) is 0 Å². The van der Waals surface area contributed by atoms with Gasteiger partial charge in [-0.3, -0.25) is 4.98 Å². The highest BCUT2D eigenvalue weighted by Crippen LogP contribution is 2.18. The zero-order chi connectivity index (χ0) is 10.4. The molecule has 2 nitrogen and oxygen atoms in total. The minimum atomic E-state index is -0.376. The van der Waals surface area contributed by atoms with Gasteiger partial charge in [-0.25, -0.2) is 0 Å². The predicted molar refractivity (Wildman–Crippen MR) is 61.5 cm³/mol. The first-order chi connectivity index (χ1) is 6.74. The molecule has 1 unspecified atom stereocenters. The largest absolute Gasteiger partial charge is 0.387 e. The Labute approximate surface area is 89.8 Å². The molecule has 0 aliphatic heterocycles. The molecule has 0 bridgehead atoms. The first-order valence-electron chi connectivity index (χ1n) is 4.91. The van der Waals surface area contributed by atoms with Gasteiger partial charge in [0.1, 0.15) is 0 Å². The monoisotopic (exact) mass is 211 g/mol. The van der Waals surface area contributed by atoms with Gasteiger partial charge < -0.3 is 5.11 Å². The van der Waals surface area contributed by atoms with Crippen molar-refractivity contribution in [1.29, 1.82) is 0 Å². The smallest absolute Gasteiger partial charge is 0.0895 e. The van der Waals surface area contributed by atoms with Gasteiger partial charge in [0, 0.05) is 18.1 Å². The Kier molecular flexibility index (Phi) is 4.98. The van der Waals surface area contributed by atoms with Crippen LogP contribution in [0.3, 0.4) is 0 Å². The van der Waals surface area contributed by atoms with E-state index in [1.165, 1.54) is 0 Å². The number of aryl methyl sites for hydroxylation is 1. The highest BCUT2D eigenvalue weighted by Gasteiger charge is 2.07. The van der Waals surface area contributed by atoms with Crippen LogP contribution in [0.1, 0.15) is 30.6 Å². The summed E-state index contributed by atoms with van der Waals surface area (Å²) in [4.78, 5) is 4.06. The lowest BCUT2D eigenvalue weighted by atomic mass is 10.1. The highest BCUT2D eigenvalue weighted by atomic mass is 32.2. The Hall–Kier alpha value is -0.540. The lowest BCUT2D eigenvalue weighted by Crippen LogP contribution is -2.02. The molecule has 14 heavy (non-hydrogen) atoms. The fourth-order valence-electron chi connectivity index (χ4n) is 1.20. The summed E-state index contributed by atoms with van der Waals surface area (Å²) in [5.41, 5.74) is 2.02. The Balaban J connectivity index is 2.47. The van der Waals surface area contributed by atoms with E-state index in [4.69, 9.17) is 0 Å². The van der Waals surface area contributed by atoms with Crippen LogP contribution in [0, 0.1) is 6.92 Å². The Morgan fingerprint density at radius 1 is 1.50 bits per heavy atom. The number of aliphatic hydroxyl groups is 1. The standard InChI is InChI=1S/C11H17NOS/c1-3-4-14-8-11(13)10-5-9(2)6-12-7-10/h5-7,11,13H,3-4,8H2,1-2H3. The number of nitrogens with zero attached hydrogens (tertiary/aromatic N) is 1. The summed E-state index contributed by atoms with van der Waals surface area (Å²) < 4.78 is 0. The number of pyridine rings is 1.